The zero-order chi connectivity index (χ0) is 9.42. The predicted octanol–water partition coefficient (Wildman–Crippen LogP) is 2.32. The minimum atomic E-state index is 0.693. The Morgan fingerprint density at radius 1 is 1.54 bits per heavy atom. The van der Waals surface area contributed by atoms with Gasteiger partial charge in [-0.15, -0.1) is 6.42 Å². The van der Waals surface area contributed by atoms with Crippen molar-refractivity contribution in [2.24, 2.45) is 7.05 Å². The molecule has 0 amide bonds. The molecule has 0 saturated carbocycles. The van der Waals surface area contributed by atoms with Crippen molar-refractivity contribution in [2.45, 2.75) is 0 Å². The third-order valence-corrected chi connectivity index (χ3v) is 2.44. The summed E-state index contributed by atoms with van der Waals surface area (Å²) >= 11 is 3.40. The molecule has 0 spiro atoms. The highest BCUT2D eigenvalue weighted by molar-refractivity contribution is 9.10. The summed E-state index contributed by atoms with van der Waals surface area (Å²) in [4.78, 5) is 0. The Morgan fingerprint density at radius 3 is 3.00 bits per heavy atom. The Balaban J connectivity index is 2.91. The van der Waals surface area contributed by atoms with E-state index in [9.17, 15) is 0 Å². The molecule has 0 saturated heterocycles. The Bertz CT molecular complexity index is 505. The second-order valence-electron chi connectivity index (χ2n) is 2.78. The first-order chi connectivity index (χ1) is 6.22. The molecule has 2 nitrogen and oxygen atoms in total. The smallest absolute Gasteiger partial charge is 0.142 e. The van der Waals surface area contributed by atoms with Crippen LogP contribution in [0.15, 0.2) is 22.7 Å². The van der Waals surface area contributed by atoms with E-state index in [-0.39, 0.29) is 0 Å². The van der Waals surface area contributed by atoms with Crippen LogP contribution in [0, 0.1) is 12.3 Å². The second kappa shape index (κ2) is 2.90. The van der Waals surface area contributed by atoms with Crippen LogP contribution in [0.5, 0.6) is 0 Å². The summed E-state index contributed by atoms with van der Waals surface area (Å²) < 4.78 is 2.81. The first-order valence-electron chi connectivity index (χ1n) is 3.81. The second-order valence-corrected chi connectivity index (χ2v) is 3.69. The highest BCUT2D eigenvalue weighted by Crippen LogP contribution is 2.21. The fourth-order valence-electron chi connectivity index (χ4n) is 1.34. The molecule has 1 aromatic carbocycles. The molecule has 0 radical (unpaired) electrons. The summed E-state index contributed by atoms with van der Waals surface area (Å²) in [5.74, 6) is 2.57. The number of fused-ring (bicyclic) bond motifs is 1. The van der Waals surface area contributed by atoms with Crippen LogP contribution >= 0.6 is 15.9 Å². The lowest BCUT2D eigenvalue weighted by atomic mass is 10.2. The number of aryl methyl sites for hydroxylation is 1. The van der Waals surface area contributed by atoms with E-state index in [1.807, 2.05) is 25.2 Å². The van der Waals surface area contributed by atoms with E-state index in [1.165, 1.54) is 0 Å². The van der Waals surface area contributed by atoms with Gasteiger partial charge in [-0.3, -0.25) is 4.68 Å². The Kier molecular flexibility index (Phi) is 1.86. The maximum absolute atomic E-state index is 5.34. The van der Waals surface area contributed by atoms with Gasteiger partial charge in [0.2, 0.25) is 0 Å². The number of halogens is 1. The number of rotatable bonds is 0. The van der Waals surface area contributed by atoms with Crippen molar-refractivity contribution in [3.05, 3.63) is 28.4 Å². The van der Waals surface area contributed by atoms with Crippen LogP contribution in [-0.4, -0.2) is 9.78 Å². The van der Waals surface area contributed by atoms with Crippen LogP contribution in [0.2, 0.25) is 0 Å². The molecule has 13 heavy (non-hydrogen) atoms. The minimum absolute atomic E-state index is 0.693. The quantitative estimate of drug-likeness (QED) is 0.640. The summed E-state index contributed by atoms with van der Waals surface area (Å²) in [6.07, 6.45) is 5.34. The van der Waals surface area contributed by atoms with E-state index in [4.69, 9.17) is 6.42 Å². The van der Waals surface area contributed by atoms with Crippen molar-refractivity contribution >= 4 is 26.8 Å². The molecule has 0 fully saturated rings. The maximum atomic E-state index is 5.34. The third kappa shape index (κ3) is 1.24. The molecular weight excluding hydrogens is 228 g/mol. The van der Waals surface area contributed by atoms with E-state index in [0.29, 0.717) is 5.69 Å². The monoisotopic (exact) mass is 234 g/mol. The van der Waals surface area contributed by atoms with Gasteiger partial charge < -0.3 is 0 Å². The lowest BCUT2D eigenvalue weighted by molar-refractivity contribution is 0.792. The zero-order valence-electron chi connectivity index (χ0n) is 7.08. The molecule has 1 aromatic heterocycles. The zero-order valence-corrected chi connectivity index (χ0v) is 8.67. The summed E-state index contributed by atoms with van der Waals surface area (Å²) in [6, 6.07) is 5.95. The average Bonchev–Trinajstić information content (AvgIpc) is 2.42. The Labute approximate surface area is 84.7 Å². The van der Waals surface area contributed by atoms with Crippen LogP contribution in [0.25, 0.3) is 10.9 Å². The van der Waals surface area contributed by atoms with Crippen molar-refractivity contribution in [1.82, 2.24) is 9.78 Å². The highest BCUT2D eigenvalue weighted by atomic mass is 79.9. The van der Waals surface area contributed by atoms with Gasteiger partial charge in [-0.05, 0) is 24.1 Å². The van der Waals surface area contributed by atoms with Crippen LogP contribution in [0.3, 0.4) is 0 Å². The predicted molar refractivity (Wildman–Crippen MR) is 56.3 cm³/mol. The lowest BCUT2D eigenvalue weighted by Gasteiger charge is -1.93. The van der Waals surface area contributed by atoms with Crippen LogP contribution < -0.4 is 0 Å². The van der Waals surface area contributed by atoms with Crippen molar-refractivity contribution < 1.29 is 0 Å². The van der Waals surface area contributed by atoms with Gasteiger partial charge in [0.1, 0.15) is 5.69 Å². The molecule has 2 rings (SSSR count). The fourth-order valence-corrected chi connectivity index (χ4v) is 1.71. The number of terminal acetylenes is 1. The van der Waals surface area contributed by atoms with E-state index in [0.717, 1.165) is 15.4 Å². The third-order valence-electron chi connectivity index (χ3n) is 1.95. The molecule has 0 aliphatic rings. The molecule has 0 bridgehead atoms. The average molecular weight is 235 g/mol. The van der Waals surface area contributed by atoms with Crippen molar-refractivity contribution in [1.29, 1.82) is 0 Å². The van der Waals surface area contributed by atoms with Crippen molar-refractivity contribution in [3.63, 3.8) is 0 Å². The topological polar surface area (TPSA) is 17.8 Å². The molecule has 2 aromatic rings. The molecule has 0 atom stereocenters. The van der Waals surface area contributed by atoms with Gasteiger partial charge in [0.15, 0.2) is 0 Å². The van der Waals surface area contributed by atoms with E-state index in [2.05, 4.69) is 26.9 Å². The lowest BCUT2D eigenvalue weighted by Crippen LogP contribution is -1.89. The highest BCUT2D eigenvalue weighted by Gasteiger charge is 2.05. The number of hydrogen-bond donors (Lipinski definition) is 0. The molecule has 0 unspecified atom stereocenters. The molecule has 0 aliphatic carbocycles. The van der Waals surface area contributed by atoms with Gasteiger partial charge in [-0.1, -0.05) is 15.9 Å². The largest absolute Gasteiger partial charge is 0.267 e. The number of benzene rings is 1. The van der Waals surface area contributed by atoms with Gasteiger partial charge in [0.25, 0.3) is 0 Å². The summed E-state index contributed by atoms with van der Waals surface area (Å²) in [7, 11) is 1.89. The van der Waals surface area contributed by atoms with Crippen LogP contribution in [0.4, 0.5) is 0 Å². The summed E-state index contributed by atoms with van der Waals surface area (Å²) in [5.41, 5.74) is 1.75. The standard InChI is InChI=1S/C10H7BrN2/c1-3-9-8-6-7(11)4-5-10(8)13(2)12-9/h1,4-6H,2H3. The molecular formula is C10H7BrN2. The van der Waals surface area contributed by atoms with Gasteiger partial charge in [0, 0.05) is 16.9 Å². The molecule has 0 aliphatic heterocycles. The first-order valence-corrected chi connectivity index (χ1v) is 4.60. The Hall–Kier alpha value is -1.27. The van der Waals surface area contributed by atoms with Gasteiger partial charge >= 0.3 is 0 Å². The maximum Gasteiger partial charge on any atom is 0.142 e. The van der Waals surface area contributed by atoms with Crippen LogP contribution in [-0.2, 0) is 7.05 Å². The SMILES string of the molecule is C#Cc1nn(C)c2ccc(Br)cc12. The normalized spacial score (nSPS) is 10.2. The van der Waals surface area contributed by atoms with E-state index < -0.39 is 0 Å². The molecule has 3 heteroatoms. The van der Waals surface area contributed by atoms with E-state index >= 15 is 0 Å². The fraction of sp³-hybridized carbons (Fsp3) is 0.100. The van der Waals surface area contributed by atoms with Gasteiger partial charge in [-0.25, -0.2) is 0 Å². The number of nitrogens with zero attached hydrogens (tertiary/aromatic N) is 2. The Morgan fingerprint density at radius 2 is 2.31 bits per heavy atom. The number of hydrogen-bond acceptors (Lipinski definition) is 1. The molecule has 0 N–H and O–H groups in total. The van der Waals surface area contributed by atoms with Crippen molar-refractivity contribution in [3.8, 4) is 12.3 Å². The molecule has 64 valence electrons. The van der Waals surface area contributed by atoms with Gasteiger partial charge in [-0.2, -0.15) is 5.10 Å². The molecule has 1 heterocycles. The van der Waals surface area contributed by atoms with Crippen molar-refractivity contribution in [2.75, 3.05) is 0 Å². The number of aromatic nitrogens is 2. The van der Waals surface area contributed by atoms with Crippen LogP contribution in [0.1, 0.15) is 5.69 Å². The minimum Gasteiger partial charge on any atom is -0.267 e. The van der Waals surface area contributed by atoms with Gasteiger partial charge in [0.05, 0.1) is 5.52 Å². The summed E-state index contributed by atoms with van der Waals surface area (Å²) in [6.45, 7) is 0. The first kappa shape index (κ1) is 8.33. The van der Waals surface area contributed by atoms with E-state index in [1.54, 1.807) is 4.68 Å². The summed E-state index contributed by atoms with van der Waals surface area (Å²) in [5, 5.41) is 5.22.